The van der Waals surface area contributed by atoms with E-state index in [0.717, 1.165) is 38.9 Å². The van der Waals surface area contributed by atoms with Crippen LogP contribution in [0.1, 0.15) is 24.0 Å². The Kier molecular flexibility index (Phi) is 8.40. The van der Waals surface area contributed by atoms with Crippen LogP contribution >= 0.6 is 35.6 Å². The summed E-state index contributed by atoms with van der Waals surface area (Å²) in [5, 5.41) is 0.522. The molecule has 148 valence electrons. The van der Waals surface area contributed by atoms with Crippen LogP contribution in [0.25, 0.3) is 0 Å². The molecule has 2 aromatic rings. The van der Waals surface area contributed by atoms with E-state index in [2.05, 4.69) is 33.9 Å². The molecule has 1 N–H and O–H groups in total. The fourth-order valence-electron chi connectivity index (χ4n) is 3.17. The van der Waals surface area contributed by atoms with Gasteiger partial charge in [-0.15, -0.1) is 12.4 Å². The van der Waals surface area contributed by atoms with Crippen LogP contribution in [0.3, 0.4) is 0 Å². The van der Waals surface area contributed by atoms with Gasteiger partial charge in [-0.05, 0) is 55.1 Å². The first-order chi connectivity index (χ1) is 12.5. The molecule has 0 aliphatic carbocycles. The van der Waals surface area contributed by atoms with E-state index in [4.69, 9.17) is 23.2 Å². The number of nitrogens with zero attached hydrogens (tertiary/aromatic N) is 1. The lowest BCUT2D eigenvalue weighted by Crippen LogP contribution is -2.32. The maximum absolute atomic E-state index is 12.3. The zero-order chi connectivity index (χ0) is 18.6. The minimum atomic E-state index is -3.64. The summed E-state index contributed by atoms with van der Waals surface area (Å²) in [6.07, 6.45) is 2.79. The van der Waals surface area contributed by atoms with Crippen LogP contribution < -0.4 is 4.72 Å². The molecule has 0 saturated carbocycles. The average Bonchev–Trinajstić information content (AvgIpc) is 2.63. The predicted molar refractivity (Wildman–Crippen MR) is 114 cm³/mol. The number of hydrogen-bond donors (Lipinski definition) is 1. The fraction of sp³-hybridized carbons (Fsp3) is 0.368. The van der Waals surface area contributed by atoms with Gasteiger partial charge in [-0.3, -0.25) is 4.90 Å². The monoisotopic (exact) mass is 448 g/mol. The Balaban J connectivity index is 0.00000261. The molecule has 0 spiro atoms. The standard InChI is InChI=1S/C19H22Cl2N2O2S.ClH/c20-17-7-8-18(21)19(13-17)26(24,25)22-10-3-4-11-23-12-9-15-5-1-2-6-16(15)14-23;/h1-2,5-8,13,22H,3-4,9-12,14H2;1H. The molecule has 0 fully saturated rings. The Morgan fingerprint density at radius 2 is 1.78 bits per heavy atom. The van der Waals surface area contributed by atoms with Gasteiger partial charge in [0.05, 0.1) is 5.02 Å². The van der Waals surface area contributed by atoms with Crippen molar-refractivity contribution in [3.63, 3.8) is 0 Å². The SMILES string of the molecule is Cl.O=S(=O)(NCCCCN1CCc2ccccc2C1)c1cc(Cl)ccc1Cl. The number of unbranched alkanes of at least 4 members (excludes halogenated alkanes) is 1. The van der Waals surface area contributed by atoms with Crippen LogP contribution in [0.4, 0.5) is 0 Å². The zero-order valence-corrected chi connectivity index (χ0v) is 18.0. The van der Waals surface area contributed by atoms with Gasteiger partial charge in [-0.2, -0.15) is 0 Å². The van der Waals surface area contributed by atoms with Crippen molar-refractivity contribution in [2.75, 3.05) is 19.6 Å². The molecule has 0 aromatic heterocycles. The van der Waals surface area contributed by atoms with Gasteiger partial charge < -0.3 is 0 Å². The van der Waals surface area contributed by atoms with Crippen LogP contribution in [0.15, 0.2) is 47.4 Å². The lowest BCUT2D eigenvalue weighted by Gasteiger charge is -2.28. The second-order valence-corrected chi connectivity index (χ2v) is 9.05. The number of nitrogens with one attached hydrogen (secondary N) is 1. The Hall–Kier alpha value is -0.820. The molecule has 0 atom stereocenters. The van der Waals surface area contributed by atoms with E-state index in [-0.39, 0.29) is 22.3 Å². The van der Waals surface area contributed by atoms with E-state index in [1.807, 2.05) is 0 Å². The highest BCUT2D eigenvalue weighted by Gasteiger charge is 2.18. The lowest BCUT2D eigenvalue weighted by molar-refractivity contribution is 0.249. The Bertz CT molecular complexity index is 875. The second kappa shape index (κ2) is 10.1. The van der Waals surface area contributed by atoms with Crippen LogP contribution in [0.2, 0.25) is 10.0 Å². The number of fused-ring (bicyclic) bond motifs is 1. The molecule has 3 rings (SSSR count). The summed E-state index contributed by atoms with van der Waals surface area (Å²) >= 11 is 11.9. The smallest absolute Gasteiger partial charge is 0.242 e. The molecule has 2 aromatic carbocycles. The van der Waals surface area contributed by atoms with Crippen molar-refractivity contribution in [2.24, 2.45) is 0 Å². The van der Waals surface area contributed by atoms with E-state index in [1.54, 1.807) is 6.07 Å². The highest BCUT2D eigenvalue weighted by Crippen LogP contribution is 2.24. The number of hydrogen-bond acceptors (Lipinski definition) is 3. The average molecular weight is 450 g/mol. The van der Waals surface area contributed by atoms with Crippen LogP contribution in [0.5, 0.6) is 0 Å². The van der Waals surface area contributed by atoms with Gasteiger partial charge >= 0.3 is 0 Å². The third kappa shape index (κ3) is 6.08. The number of sulfonamides is 1. The first-order valence-corrected chi connectivity index (χ1v) is 10.9. The quantitative estimate of drug-likeness (QED) is 0.632. The van der Waals surface area contributed by atoms with E-state index in [9.17, 15) is 8.42 Å². The molecular formula is C19H23Cl3N2O2S. The molecule has 27 heavy (non-hydrogen) atoms. The fourth-order valence-corrected chi connectivity index (χ4v) is 5.01. The first kappa shape index (κ1) is 22.5. The molecule has 8 heteroatoms. The molecule has 0 radical (unpaired) electrons. The minimum Gasteiger partial charge on any atom is -0.299 e. The van der Waals surface area contributed by atoms with Crippen molar-refractivity contribution >= 4 is 45.6 Å². The van der Waals surface area contributed by atoms with Crippen molar-refractivity contribution in [1.29, 1.82) is 0 Å². The van der Waals surface area contributed by atoms with Gasteiger partial charge in [0.25, 0.3) is 0 Å². The molecule has 0 amide bonds. The highest BCUT2D eigenvalue weighted by atomic mass is 35.5. The van der Waals surface area contributed by atoms with Gasteiger partial charge in [-0.1, -0.05) is 47.5 Å². The van der Waals surface area contributed by atoms with Gasteiger partial charge in [0, 0.05) is 24.7 Å². The molecule has 1 aliphatic heterocycles. The van der Waals surface area contributed by atoms with Gasteiger partial charge in [0.2, 0.25) is 10.0 Å². The Morgan fingerprint density at radius 3 is 2.56 bits per heavy atom. The van der Waals surface area contributed by atoms with Crippen LogP contribution in [0, 0.1) is 0 Å². The topological polar surface area (TPSA) is 49.4 Å². The summed E-state index contributed by atoms with van der Waals surface area (Å²) in [5.41, 5.74) is 2.84. The normalized spacial score (nSPS) is 14.4. The van der Waals surface area contributed by atoms with E-state index >= 15 is 0 Å². The predicted octanol–water partition coefficient (Wildman–Crippen LogP) is 4.53. The highest BCUT2D eigenvalue weighted by molar-refractivity contribution is 7.89. The summed E-state index contributed by atoms with van der Waals surface area (Å²) in [4.78, 5) is 2.45. The maximum Gasteiger partial charge on any atom is 0.242 e. The van der Waals surface area contributed by atoms with Gasteiger partial charge in [0.1, 0.15) is 4.90 Å². The van der Waals surface area contributed by atoms with Crippen molar-refractivity contribution < 1.29 is 8.42 Å². The summed E-state index contributed by atoms with van der Waals surface area (Å²) in [5.74, 6) is 0. The van der Waals surface area contributed by atoms with Crippen molar-refractivity contribution in [3.8, 4) is 0 Å². The first-order valence-electron chi connectivity index (χ1n) is 8.69. The third-order valence-electron chi connectivity index (χ3n) is 4.59. The Labute approximate surface area is 177 Å². The van der Waals surface area contributed by atoms with Crippen molar-refractivity contribution in [3.05, 3.63) is 63.6 Å². The van der Waals surface area contributed by atoms with E-state index < -0.39 is 10.0 Å². The summed E-state index contributed by atoms with van der Waals surface area (Å²) in [7, 11) is -3.64. The van der Waals surface area contributed by atoms with Crippen LogP contribution in [-0.4, -0.2) is 33.0 Å². The van der Waals surface area contributed by atoms with Gasteiger partial charge in [-0.25, -0.2) is 13.1 Å². The summed E-state index contributed by atoms with van der Waals surface area (Å²) < 4.78 is 27.3. The number of rotatable bonds is 7. The number of benzene rings is 2. The second-order valence-electron chi connectivity index (χ2n) is 6.47. The molecule has 0 bridgehead atoms. The number of halogens is 3. The molecule has 0 saturated heterocycles. The molecule has 1 aliphatic rings. The molecule has 4 nitrogen and oxygen atoms in total. The minimum absolute atomic E-state index is 0. The summed E-state index contributed by atoms with van der Waals surface area (Å²) in [6.45, 7) is 3.38. The van der Waals surface area contributed by atoms with E-state index in [0.29, 0.717) is 11.6 Å². The molecule has 1 heterocycles. The van der Waals surface area contributed by atoms with Crippen molar-refractivity contribution in [1.82, 2.24) is 9.62 Å². The van der Waals surface area contributed by atoms with Crippen molar-refractivity contribution in [2.45, 2.75) is 30.7 Å². The lowest BCUT2D eigenvalue weighted by atomic mass is 10.00. The maximum atomic E-state index is 12.3. The zero-order valence-electron chi connectivity index (χ0n) is 14.8. The molecular weight excluding hydrogens is 427 g/mol. The third-order valence-corrected chi connectivity index (χ3v) is 6.76. The van der Waals surface area contributed by atoms with Crippen LogP contribution in [-0.2, 0) is 23.0 Å². The van der Waals surface area contributed by atoms with Gasteiger partial charge in [0.15, 0.2) is 0 Å². The molecule has 0 unspecified atom stereocenters. The largest absolute Gasteiger partial charge is 0.299 e. The Morgan fingerprint density at radius 1 is 1.04 bits per heavy atom. The summed E-state index contributed by atoms with van der Waals surface area (Å²) in [6, 6.07) is 13.0. The van der Waals surface area contributed by atoms with E-state index in [1.165, 1.54) is 23.3 Å².